The van der Waals surface area contributed by atoms with Crippen molar-refractivity contribution in [3.05, 3.63) is 42.9 Å². The number of nitrogens with zero attached hydrogens (tertiary/aromatic N) is 6. The molecule has 0 aliphatic carbocycles. The Balaban J connectivity index is 1.45. The fourth-order valence-corrected chi connectivity index (χ4v) is 2.83. The zero-order chi connectivity index (χ0) is 16.4. The molecular weight excluding hydrogens is 311 g/mol. The van der Waals surface area contributed by atoms with Crippen molar-refractivity contribution in [2.45, 2.75) is 18.9 Å². The van der Waals surface area contributed by atoms with Gasteiger partial charge in [0.25, 0.3) is 0 Å². The monoisotopic (exact) mass is 326 g/mol. The van der Waals surface area contributed by atoms with E-state index in [2.05, 4.69) is 29.8 Å². The van der Waals surface area contributed by atoms with Crippen LogP contribution in [0.4, 0.5) is 10.2 Å². The minimum Gasteiger partial charge on any atom is -0.460 e. The van der Waals surface area contributed by atoms with Gasteiger partial charge in [-0.2, -0.15) is 0 Å². The molecule has 0 saturated carbocycles. The summed E-state index contributed by atoms with van der Waals surface area (Å²) in [7, 11) is 0. The average molecular weight is 326 g/mol. The largest absolute Gasteiger partial charge is 0.460 e. The molecule has 4 heterocycles. The van der Waals surface area contributed by atoms with E-state index in [0.29, 0.717) is 5.65 Å². The van der Waals surface area contributed by atoms with E-state index in [0.717, 1.165) is 49.5 Å². The Morgan fingerprint density at radius 2 is 1.83 bits per heavy atom. The molecule has 0 aromatic carbocycles. The molecule has 0 atom stereocenters. The van der Waals surface area contributed by atoms with Crippen LogP contribution in [0.1, 0.15) is 12.8 Å². The van der Waals surface area contributed by atoms with Crippen molar-refractivity contribution in [1.29, 1.82) is 0 Å². The molecule has 4 rings (SSSR count). The lowest BCUT2D eigenvalue weighted by Gasteiger charge is -2.32. The maximum atomic E-state index is 12.8. The molecule has 1 fully saturated rings. The molecule has 0 radical (unpaired) electrons. The Kier molecular flexibility index (Phi) is 3.86. The van der Waals surface area contributed by atoms with Gasteiger partial charge in [-0.1, -0.05) is 0 Å². The van der Waals surface area contributed by atoms with E-state index in [1.54, 1.807) is 12.5 Å². The summed E-state index contributed by atoms with van der Waals surface area (Å²) < 4.78 is 18.5. The predicted octanol–water partition coefficient (Wildman–Crippen LogP) is 2.00. The number of piperidine rings is 1. The number of anilines is 1. The molecule has 1 aliphatic heterocycles. The average Bonchev–Trinajstić information content (AvgIpc) is 2.64. The second-order valence-corrected chi connectivity index (χ2v) is 5.56. The molecule has 0 spiro atoms. The molecule has 0 unspecified atom stereocenters. The summed E-state index contributed by atoms with van der Waals surface area (Å²) in [5, 5.41) is 0.946. The number of ether oxygens (including phenoxy) is 1. The van der Waals surface area contributed by atoms with Crippen LogP contribution >= 0.6 is 0 Å². The number of aromatic nitrogens is 5. The van der Waals surface area contributed by atoms with Gasteiger partial charge in [0, 0.05) is 32.1 Å². The highest BCUT2D eigenvalue weighted by atomic mass is 19.1. The second-order valence-electron chi connectivity index (χ2n) is 5.56. The summed E-state index contributed by atoms with van der Waals surface area (Å²) in [5.41, 5.74) is 0.695. The topological polar surface area (TPSA) is 76.9 Å². The van der Waals surface area contributed by atoms with Crippen molar-refractivity contribution in [3.8, 4) is 6.01 Å². The molecule has 7 nitrogen and oxygen atoms in total. The van der Waals surface area contributed by atoms with Gasteiger partial charge in [0.2, 0.25) is 0 Å². The Bertz CT molecular complexity index is 830. The van der Waals surface area contributed by atoms with Gasteiger partial charge in [-0.15, -0.1) is 0 Å². The molecule has 24 heavy (non-hydrogen) atoms. The molecule has 0 amide bonds. The Morgan fingerprint density at radius 3 is 2.62 bits per heavy atom. The third kappa shape index (κ3) is 2.94. The summed E-state index contributed by atoms with van der Waals surface area (Å²) in [4.78, 5) is 22.8. The molecule has 1 saturated heterocycles. The van der Waals surface area contributed by atoms with Crippen LogP contribution in [0.5, 0.6) is 6.01 Å². The first-order valence-electron chi connectivity index (χ1n) is 7.74. The van der Waals surface area contributed by atoms with E-state index in [1.807, 2.05) is 12.1 Å². The van der Waals surface area contributed by atoms with Gasteiger partial charge in [-0.05, 0) is 12.1 Å². The third-order valence-electron chi connectivity index (χ3n) is 4.00. The van der Waals surface area contributed by atoms with Gasteiger partial charge in [0.1, 0.15) is 18.2 Å². The van der Waals surface area contributed by atoms with E-state index in [-0.39, 0.29) is 12.1 Å². The maximum Gasteiger partial charge on any atom is 0.316 e. The van der Waals surface area contributed by atoms with Gasteiger partial charge >= 0.3 is 6.01 Å². The molecule has 3 aromatic rings. The van der Waals surface area contributed by atoms with Gasteiger partial charge in [-0.3, -0.25) is 0 Å². The van der Waals surface area contributed by atoms with Crippen LogP contribution in [0.15, 0.2) is 37.1 Å². The lowest BCUT2D eigenvalue weighted by atomic mass is 10.1. The highest BCUT2D eigenvalue weighted by Crippen LogP contribution is 2.25. The first-order chi connectivity index (χ1) is 11.8. The summed E-state index contributed by atoms with van der Waals surface area (Å²) in [5.74, 6) is 0.422. The molecule has 1 aliphatic rings. The summed E-state index contributed by atoms with van der Waals surface area (Å²) in [6.07, 6.45) is 7.12. The highest BCUT2D eigenvalue weighted by molar-refractivity contribution is 5.86. The smallest absolute Gasteiger partial charge is 0.316 e. The number of hydrogen-bond donors (Lipinski definition) is 0. The maximum absolute atomic E-state index is 12.8. The number of halogens is 1. The molecule has 0 N–H and O–H groups in total. The Morgan fingerprint density at radius 1 is 1.04 bits per heavy atom. The fraction of sp³-hybridized carbons (Fsp3) is 0.312. The van der Waals surface area contributed by atoms with Crippen LogP contribution in [-0.4, -0.2) is 44.1 Å². The normalized spacial score (nSPS) is 15.6. The van der Waals surface area contributed by atoms with Crippen molar-refractivity contribution in [2.75, 3.05) is 18.0 Å². The van der Waals surface area contributed by atoms with E-state index >= 15 is 0 Å². The van der Waals surface area contributed by atoms with Crippen molar-refractivity contribution in [3.63, 3.8) is 0 Å². The van der Waals surface area contributed by atoms with Crippen LogP contribution in [-0.2, 0) is 0 Å². The number of rotatable bonds is 3. The van der Waals surface area contributed by atoms with Gasteiger partial charge in [-0.25, -0.2) is 29.3 Å². The minimum absolute atomic E-state index is 0.0120. The Hall–Kier alpha value is -2.90. The molecule has 3 aromatic heterocycles. The van der Waals surface area contributed by atoms with Crippen LogP contribution in [0.25, 0.3) is 11.0 Å². The van der Waals surface area contributed by atoms with Crippen LogP contribution in [0, 0.1) is 5.82 Å². The fourth-order valence-electron chi connectivity index (χ4n) is 2.83. The van der Waals surface area contributed by atoms with Crippen LogP contribution in [0.3, 0.4) is 0 Å². The summed E-state index contributed by atoms with van der Waals surface area (Å²) in [6, 6.07) is 4.08. The van der Waals surface area contributed by atoms with Crippen molar-refractivity contribution in [2.24, 2.45) is 0 Å². The highest BCUT2D eigenvalue weighted by Gasteiger charge is 2.23. The number of hydrogen-bond acceptors (Lipinski definition) is 7. The lowest BCUT2D eigenvalue weighted by Crippen LogP contribution is -2.39. The first-order valence-corrected chi connectivity index (χ1v) is 7.74. The molecule has 8 heteroatoms. The van der Waals surface area contributed by atoms with Crippen molar-refractivity contribution < 1.29 is 9.13 Å². The van der Waals surface area contributed by atoms with Gasteiger partial charge < -0.3 is 9.64 Å². The quantitative estimate of drug-likeness (QED) is 0.728. The minimum atomic E-state index is -0.471. The summed E-state index contributed by atoms with van der Waals surface area (Å²) in [6.45, 7) is 1.60. The van der Waals surface area contributed by atoms with Crippen LogP contribution in [0.2, 0.25) is 0 Å². The predicted molar refractivity (Wildman–Crippen MR) is 85.2 cm³/mol. The SMILES string of the molecule is Fc1cnc(OC2CCN(c3ncnc4ncccc34)CC2)nc1. The van der Waals surface area contributed by atoms with Gasteiger partial charge in [0.15, 0.2) is 11.5 Å². The number of pyridine rings is 1. The first kappa shape index (κ1) is 14.7. The molecule has 122 valence electrons. The lowest BCUT2D eigenvalue weighted by molar-refractivity contribution is 0.156. The van der Waals surface area contributed by atoms with E-state index < -0.39 is 5.82 Å². The zero-order valence-electron chi connectivity index (χ0n) is 12.8. The van der Waals surface area contributed by atoms with Crippen molar-refractivity contribution in [1.82, 2.24) is 24.9 Å². The second kappa shape index (κ2) is 6.31. The standard InChI is InChI=1S/C16H15FN6O/c17-11-8-19-16(20-9-11)24-12-3-6-23(7-4-12)15-13-2-1-5-18-14(13)21-10-22-15/h1-2,5,8-10,12H,3-4,6-7H2. The van der Waals surface area contributed by atoms with E-state index in [4.69, 9.17) is 4.74 Å². The van der Waals surface area contributed by atoms with Crippen molar-refractivity contribution >= 4 is 16.9 Å². The number of fused-ring (bicyclic) bond motifs is 1. The van der Waals surface area contributed by atoms with Gasteiger partial charge in [0.05, 0.1) is 17.8 Å². The third-order valence-corrected chi connectivity index (χ3v) is 4.00. The Labute approximate surface area is 137 Å². The van der Waals surface area contributed by atoms with E-state index in [9.17, 15) is 4.39 Å². The molecular formula is C16H15FN6O. The zero-order valence-corrected chi connectivity index (χ0v) is 12.8. The summed E-state index contributed by atoms with van der Waals surface area (Å²) >= 11 is 0. The van der Waals surface area contributed by atoms with E-state index in [1.165, 1.54) is 0 Å². The molecule has 0 bridgehead atoms. The van der Waals surface area contributed by atoms with Crippen LogP contribution < -0.4 is 9.64 Å².